The second-order valence-electron chi connectivity index (χ2n) is 6.09. The minimum absolute atomic E-state index is 0.213. The average molecular weight is 341 g/mol. The number of pyridine rings is 1. The maximum Gasteiger partial charge on any atom is 0.191 e. The summed E-state index contributed by atoms with van der Waals surface area (Å²) in [5, 5.41) is 6.40. The van der Waals surface area contributed by atoms with Crippen molar-refractivity contribution in [1.82, 2.24) is 15.6 Å². The normalized spacial score (nSPS) is 14.6. The summed E-state index contributed by atoms with van der Waals surface area (Å²) in [7, 11) is 1.71. The van der Waals surface area contributed by atoms with Gasteiger partial charge in [0.2, 0.25) is 0 Å². The molecule has 0 unspecified atom stereocenters. The van der Waals surface area contributed by atoms with Crippen LogP contribution in [0.25, 0.3) is 0 Å². The molecular weight excluding hydrogens is 317 g/mol. The molecule has 1 aliphatic rings. The zero-order valence-electron chi connectivity index (χ0n) is 14.5. The summed E-state index contributed by atoms with van der Waals surface area (Å²) in [4.78, 5) is 11.0. The molecule has 2 N–H and O–H groups in total. The first-order valence-electron chi connectivity index (χ1n) is 8.64. The van der Waals surface area contributed by atoms with Gasteiger partial charge in [-0.15, -0.1) is 0 Å². The topological polar surface area (TPSA) is 52.6 Å². The molecule has 25 heavy (non-hydrogen) atoms. The Morgan fingerprint density at radius 3 is 2.68 bits per heavy atom. The van der Waals surface area contributed by atoms with Crippen molar-refractivity contribution in [3.63, 3.8) is 0 Å². The molecule has 6 heteroatoms. The predicted octanol–water partition coefficient (Wildman–Crippen LogP) is 2.69. The first-order valence-corrected chi connectivity index (χ1v) is 8.64. The van der Waals surface area contributed by atoms with Crippen LogP contribution in [0.2, 0.25) is 0 Å². The maximum atomic E-state index is 13.7. The minimum Gasteiger partial charge on any atom is -0.357 e. The monoisotopic (exact) mass is 341 g/mol. The highest BCUT2D eigenvalue weighted by atomic mass is 19.1. The Labute approximate surface area is 148 Å². The Morgan fingerprint density at radius 2 is 1.92 bits per heavy atom. The van der Waals surface area contributed by atoms with Gasteiger partial charge in [0.25, 0.3) is 0 Å². The number of hydrogen-bond acceptors (Lipinski definition) is 3. The molecule has 0 bridgehead atoms. The molecule has 0 spiro atoms. The number of anilines is 1. The van der Waals surface area contributed by atoms with Crippen molar-refractivity contribution in [1.29, 1.82) is 0 Å². The molecule has 3 rings (SSSR count). The van der Waals surface area contributed by atoms with Gasteiger partial charge in [0.15, 0.2) is 5.96 Å². The van der Waals surface area contributed by atoms with Crippen LogP contribution < -0.4 is 15.5 Å². The Morgan fingerprint density at radius 1 is 1.16 bits per heavy atom. The van der Waals surface area contributed by atoms with Crippen LogP contribution in [0, 0.1) is 5.82 Å². The molecule has 0 atom stereocenters. The fourth-order valence-electron chi connectivity index (χ4n) is 2.92. The second-order valence-corrected chi connectivity index (χ2v) is 6.09. The lowest BCUT2D eigenvalue weighted by Crippen LogP contribution is -2.36. The van der Waals surface area contributed by atoms with Crippen LogP contribution in [0.5, 0.6) is 0 Å². The van der Waals surface area contributed by atoms with Gasteiger partial charge in [-0.1, -0.05) is 18.2 Å². The Kier molecular flexibility index (Phi) is 5.82. The number of guanidine groups is 1. The summed E-state index contributed by atoms with van der Waals surface area (Å²) in [5.74, 6) is 1.46. The van der Waals surface area contributed by atoms with Crippen LogP contribution in [-0.2, 0) is 13.1 Å². The SMILES string of the molecule is CN=C(NCc1ccnc(N2CCCC2)c1)NCc1ccccc1F. The van der Waals surface area contributed by atoms with E-state index in [2.05, 4.69) is 31.6 Å². The van der Waals surface area contributed by atoms with Crippen molar-refractivity contribution in [2.24, 2.45) is 4.99 Å². The summed E-state index contributed by atoms with van der Waals surface area (Å²) >= 11 is 0. The van der Waals surface area contributed by atoms with Crippen molar-refractivity contribution in [3.05, 3.63) is 59.5 Å². The van der Waals surface area contributed by atoms with E-state index in [-0.39, 0.29) is 5.82 Å². The zero-order chi connectivity index (χ0) is 17.5. The summed E-state index contributed by atoms with van der Waals surface area (Å²) in [6, 6.07) is 10.9. The third-order valence-electron chi connectivity index (χ3n) is 4.33. The van der Waals surface area contributed by atoms with Crippen molar-refractivity contribution in [2.45, 2.75) is 25.9 Å². The van der Waals surface area contributed by atoms with Gasteiger partial charge in [0.1, 0.15) is 11.6 Å². The highest BCUT2D eigenvalue weighted by molar-refractivity contribution is 5.79. The van der Waals surface area contributed by atoms with Gasteiger partial charge in [0, 0.05) is 45.0 Å². The zero-order valence-corrected chi connectivity index (χ0v) is 14.5. The molecule has 1 aromatic heterocycles. The number of aliphatic imine (C=N–C) groups is 1. The van der Waals surface area contributed by atoms with Crippen LogP contribution >= 0.6 is 0 Å². The highest BCUT2D eigenvalue weighted by Crippen LogP contribution is 2.18. The van der Waals surface area contributed by atoms with Gasteiger partial charge < -0.3 is 15.5 Å². The lowest BCUT2D eigenvalue weighted by atomic mass is 10.2. The van der Waals surface area contributed by atoms with E-state index in [1.807, 2.05) is 18.3 Å². The summed E-state index contributed by atoms with van der Waals surface area (Å²) < 4.78 is 13.7. The quantitative estimate of drug-likeness (QED) is 0.648. The van der Waals surface area contributed by atoms with Crippen molar-refractivity contribution in [3.8, 4) is 0 Å². The van der Waals surface area contributed by atoms with Gasteiger partial charge in [0.05, 0.1) is 0 Å². The average Bonchev–Trinajstić information content (AvgIpc) is 3.18. The highest BCUT2D eigenvalue weighted by Gasteiger charge is 2.13. The van der Waals surface area contributed by atoms with Crippen LogP contribution in [0.4, 0.5) is 10.2 Å². The van der Waals surface area contributed by atoms with Crippen molar-refractivity contribution in [2.75, 3.05) is 25.0 Å². The van der Waals surface area contributed by atoms with E-state index in [1.165, 1.54) is 18.9 Å². The molecular formula is C19H24FN5. The number of rotatable bonds is 5. The van der Waals surface area contributed by atoms with Crippen molar-refractivity contribution < 1.29 is 4.39 Å². The number of hydrogen-bond donors (Lipinski definition) is 2. The standard InChI is InChI=1S/C19H24FN5/c1-21-19(24-14-16-6-2-3-7-17(16)20)23-13-15-8-9-22-18(12-15)25-10-4-5-11-25/h2-3,6-9,12H,4-5,10-11,13-14H2,1H3,(H2,21,23,24). The van der Waals surface area contributed by atoms with Gasteiger partial charge in [-0.25, -0.2) is 9.37 Å². The smallest absolute Gasteiger partial charge is 0.191 e. The Balaban J connectivity index is 1.54. The third-order valence-corrected chi connectivity index (χ3v) is 4.33. The van der Waals surface area contributed by atoms with E-state index in [4.69, 9.17) is 0 Å². The van der Waals surface area contributed by atoms with Gasteiger partial charge in [-0.3, -0.25) is 4.99 Å². The molecule has 1 aliphatic heterocycles. The number of benzene rings is 1. The first kappa shape index (κ1) is 17.2. The Bertz CT molecular complexity index is 725. The van der Waals surface area contributed by atoms with Gasteiger partial charge in [-0.2, -0.15) is 0 Å². The van der Waals surface area contributed by atoms with Gasteiger partial charge >= 0.3 is 0 Å². The number of nitrogens with zero attached hydrogens (tertiary/aromatic N) is 3. The molecule has 132 valence electrons. The van der Waals surface area contributed by atoms with E-state index in [9.17, 15) is 4.39 Å². The van der Waals surface area contributed by atoms with Crippen LogP contribution in [0.15, 0.2) is 47.6 Å². The molecule has 1 fully saturated rings. The molecule has 5 nitrogen and oxygen atoms in total. The third kappa shape index (κ3) is 4.68. The fraction of sp³-hybridized carbons (Fsp3) is 0.368. The number of halogens is 1. The predicted molar refractivity (Wildman–Crippen MR) is 99.1 cm³/mol. The van der Waals surface area contributed by atoms with Gasteiger partial charge in [-0.05, 0) is 36.6 Å². The Hall–Kier alpha value is -2.63. The molecule has 2 heterocycles. The number of nitrogens with one attached hydrogen (secondary N) is 2. The number of aromatic nitrogens is 1. The maximum absolute atomic E-state index is 13.7. The molecule has 0 aliphatic carbocycles. The summed E-state index contributed by atoms with van der Waals surface area (Å²) in [6.07, 6.45) is 4.31. The molecule has 2 aromatic rings. The second kappa shape index (κ2) is 8.46. The lowest BCUT2D eigenvalue weighted by Gasteiger charge is -2.17. The van der Waals surface area contributed by atoms with E-state index >= 15 is 0 Å². The summed E-state index contributed by atoms with van der Waals surface area (Å²) in [6.45, 7) is 3.19. The van der Waals surface area contributed by atoms with Crippen LogP contribution in [-0.4, -0.2) is 31.1 Å². The van der Waals surface area contributed by atoms with E-state index in [1.54, 1.807) is 19.2 Å². The minimum atomic E-state index is -0.213. The summed E-state index contributed by atoms with van der Waals surface area (Å²) in [5.41, 5.74) is 1.76. The van der Waals surface area contributed by atoms with Crippen LogP contribution in [0.3, 0.4) is 0 Å². The van der Waals surface area contributed by atoms with E-state index in [0.717, 1.165) is 24.5 Å². The largest absolute Gasteiger partial charge is 0.357 e. The molecule has 1 aromatic carbocycles. The first-order chi connectivity index (χ1) is 12.3. The van der Waals surface area contributed by atoms with E-state index < -0.39 is 0 Å². The molecule has 0 saturated carbocycles. The van der Waals surface area contributed by atoms with Crippen molar-refractivity contribution >= 4 is 11.8 Å². The fourth-order valence-corrected chi connectivity index (χ4v) is 2.92. The van der Waals surface area contributed by atoms with Crippen LogP contribution in [0.1, 0.15) is 24.0 Å². The van der Waals surface area contributed by atoms with E-state index in [0.29, 0.717) is 24.6 Å². The molecule has 0 radical (unpaired) electrons. The lowest BCUT2D eigenvalue weighted by molar-refractivity contribution is 0.604. The molecule has 1 saturated heterocycles. The molecule has 0 amide bonds.